The fourth-order valence-electron chi connectivity index (χ4n) is 3.92. The molecule has 0 atom stereocenters. The molecule has 1 heterocycles. The summed E-state index contributed by atoms with van der Waals surface area (Å²) in [4.78, 5) is 1.95. The van der Waals surface area contributed by atoms with Crippen LogP contribution >= 0.6 is 11.6 Å². The van der Waals surface area contributed by atoms with Gasteiger partial charge in [0.25, 0.3) is 0 Å². The van der Waals surface area contributed by atoms with Gasteiger partial charge in [0.05, 0.1) is 10.5 Å². The summed E-state index contributed by atoms with van der Waals surface area (Å²) in [6, 6.07) is 9.28. The van der Waals surface area contributed by atoms with E-state index in [1.807, 2.05) is 38.1 Å². The van der Waals surface area contributed by atoms with Crippen LogP contribution < -0.4 is 9.62 Å². The molecular weight excluding hydrogens is 473 g/mol. The van der Waals surface area contributed by atoms with E-state index in [2.05, 4.69) is 15.7 Å². The molecule has 178 valence electrons. The number of hydrogen-bond acceptors (Lipinski definition) is 3. The zero-order valence-electron chi connectivity index (χ0n) is 18.4. The molecule has 0 saturated carbocycles. The third-order valence-electron chi connectivity index (χ3n) is 5.59. The highest BCUT2D eigenvalue weighted by Crippen LogP contribution is 2.36. The van der Waals surface area contributed by atoms with Crippen LogP contribution in [0.4, 0.5) is 18.9 Å². The summed E-state index contributed by atoms with van der Waals surface area (Å²) in [6.45, 7) is 4.64. The number of anilines is 1. The molecule has 1 N–H and O–H groups in total. The Morgan fingerprint density at radius 3 is 2.36 bits per heavy atom. The second-order valence-corrected chi connectivity index (χ2v) is 9.89. The van der Waals surface area contributed by atoms with Crippen LogP contribution in [0.1, 0.15) is 37.8 Å². The van der Waals surface area contributed by atoms with Gasteiger partial charge in [-0.15, -0.1) is 0 Å². The Morgan fingerprint density at radius 1 is 1.06 bits per heavy atom. The minimum absolute atomic E-state index is 0.137. The zero-order chi connectivity index (χ0) is 24.2. The highest BCUT2D eigenvalue weighted by atomic mass is 35.5. The van der Waals surface area contributed by atoms with Gasteiger partial charge in [-0.05, 0) is 80.6 Å². The molecule has 0 bridgehead atoms. The molecule has 0 fully saturated rings. The molecule has 9 heteroatoms. The Hall–Kier alpha value is -2.29. The number of halogens is 4. The molecule has 0 saturated heterocycles. The molecule has 33 heavy (non-hydrogen) atoms. The van der Waals surface area contributed by atoms with E-state index in [1.54, 1.807) is 0 Å². The Bertz CT molecular complexity index is 1160. The number of hydrogen-bond donors (Lipinski definition) is 1. The monoisotopic (exact) mass is 498 g/mol. The van der Waals surface area contributed by atoms with Crippen LogP contribution in [0.5, 0.6) is 0 Å². The van der Waals surface area contributed by atoms with Gasteiger partial charge in [-0.25, -0.2) is 13.1 Å². The van der Waals surface area contributed by atoms with Crippen molar-refractivity contribution in [3.63, 3.8) is 0 Å². The van der Waals surface area contributed by atoms with Gasteiger partial charge in [-0.2, -0.15) is 13.2 Å². The number of benzene rings is 2. The van der Waals surface area contributed by atoms with Crippen LogP contribution in [0, 0.1) is 0 Å². The van der Waals surface area contributed by atoms with Crippen molar-refractivity contribution in [2.24, 2.45) is 0 Å². The van der Waals surface area contributed by atoms with Crippen molar-refractivity contribution in [1.82, 2.24) is 4.72 Å². The van der Waals surface area contributed by atoms with Crippen LogP contribution in [0.3, 0.4) is 0 Å². The predicted molar refractivity (Wildman–Crippen MR) is 126 cm³/mol. The number of aryl methyl sites for hydroxylation is 1. The summed E-state index contributed by atoms with van der Waals surface area (Å²) >= 11 is 6.26. The lowest BCUT2D eigenvalue weighted by Crippen LogP contribution is -2.30. The first kappa shape index (κ1) is 25.3. The first-order chi connectivity index (χ1) is 15.6. The topological polar surface area (TPSA) is 49.4 Å². The fourth-order valence-corrected chi connectivity index (χ4v) is 5.17. The first-order valence-corrected chi connectivity index (χ1v) is 12.5. The Kier molecular flexibility index (Phi) is 7.92. The number of nitrogens with zero attached hydrogens (tertiary/aromatic N) is 1. The average Bonchev–Trinajstić information content (AvgIpc) is 2.92. The second-order valence-electron chi connectivity index (χ2n) is 7.69. The molecule has 2 aromatic rings. The molecule has 3 rings (SSSR count). The number of allylic oxidation sites excluding steroid dienone is 3. The average molecular weight is 499 g/mol. The SMILES string of the molecule is CC=C1CCc2ccc(Cl)cc2N(CCCNS(=O)(=O)c2ccc(C(F)(F)F)cc2)C1=CC. The molecule has 1 aliphatic heterocycles. The van der Waals surface area contributed by atoms with Crippen molar-refractivity contribution in [3.8, 4) is 0 Å². The summed E-state index contributed by atoms with van der Waals surface area (Å²) < 4.78 is 65.7. The van der Waals surface area contributed by atoms with Crippen molar-refractivity contribution < 1.29 is 21.6 Å². The molecule has 0 aromatic heterocycles. The van der Waals surface area contributed by atoms with E-state index < -0.39 is 21.8 Å². The minimum atomic E-state index is -4.52. The largest absolute Gasteiger partial charge is 0.416 e. The van der Waals surface area contributed by atoms with E-state index in [0.717, 1.165) is 48.5 Å². The number of alkyl halides is 3. The van der Waals surface area contributed by atoms with E-state index in [-0.39, 0.29) is 11.4 Å². The molecule has 4 nitrogen and oxygen atoms in total. The van der Waals surface area contributed by atoms with Gasteiger partial charge in [0.15, 0.2) is 0 Å². The van der Waals surface area contributed by atoms with Crippen molar-refractivity contribution >= 4 is 27.3 Å². The van der Waals surface area contributed by atoms with Crippen LogP contribution in [0.2, 0.25) is 5.02 Å². The van der Waals surface area contributed by atoms with Crippen molar-refractivity contribution in [2.45, 2.75) is 44.2 Å². The van der Waals surface area contributed by atoms with Gasteiger partial charge in [-0.1, -0.05) is 29.8 Å². The molecule has 0 aliphatic carbocycles. The van der Waals surface area contributed by atoms with Crippen LogP contribution in [0.15, 0.2) is 70.8 Å². The Labute approximate surface area is 197 Å². The summed E-state index contributed by atoms with van der Waals surface area (Å²) in [7, 11) is -3.92. The quantitative estimate of drug-likeness (QED) is 0.473. The van der Waals surface area contributed by atoms with E-state index in [9.17, 15) is 21.6 Å². The molecule has 2 aromatic carbocycles. The van der Waals surface area contributed by atoms with E-state index in [1.165, 1.54) is 11.1 Å². The lowest BCUT2D eigenvalue weighted by Gasteiger charge is -2.28. The standard InChI is InChI=1S/C24H26ClF3N2O2S/c1-3-17-6-7-18-8-11-20(25)16-23(18)30(22(17)4-2)15-5-14-29-33(31,32)21-12-9-19(10-13-21)24(26,27)28/h3-4,8-13,16,29H,5-7,14-15H2,1-2H3. The predicted octanol–water partition coefficient (Wildman–Crippen LogP) is 6.33. The van der Waals surface area contributed by atoms with E-state index in [4.69, 9.17) is 11.6 Å². The molecule has 0 radical (unpaired) electrons. The second kappa shape index (κ2) is 10.3. The number of sulfonamides is 1. The van der Waals surface area contributed by atoms with E-state index in [0.29, 0.717) is 18.0 Å². The maximum atomic E-state index is 12.7. The molecular formula is C24H26ClF3N2O2S. The lowest BCUT2D eigenvalue weighted by atomic mass is 10.0. The van der Waals surface area contributed by atoms with Crippen molar-refractivity contribution in [3.05, 3.63) is 82.0 Å². The Balaban J connectivity index is 1.72. The zero-order valence-corrected chi connectivity index (χ0v) is 20.0. The highest BCUT2D eigenvalue weighted by molar-refractivity contribution is 7.89. The highest BCUT2D eigenvalue weighted by Gasteiger charge is 2.30. The van der Waals surface area contributed by atoms with Gasteiger partial charge in [0.2, 0.25) is 10.0 Å². The molecule has 0 spiro atoms. The normalized spacial score (nSPS) is 17.3. The molecule has 0 unspecified atom stereocenters. The summed E-state index contributed by atoms with van der Waals surface area (Å²) in [5.74, 6) is 0. The number of rotatable bonds is 6. The Morgan fingerprint density at radius 2 is 1.76 bits per heavy atom. The van der Waals surface area contributed by atoms with Gasteiger partial charge < -0.3 is 4.90 Å². The molecule has 1 aliphatic rings. The smallest absolute Gasteiger partial charge is 0.341 e. The van der Waals surface area contributed by atoms with E-state index >= 15 is 0 Å². The summed E-state index contributed by atoms with van der Waals surface area (Å²) in [5.41, 5.74) is 3.54. The van der Waals surface area contributed by atoms with Crippen LogP contribution in [0.25, 0.3) is 0 Å². The maximum Gasteiger partial charge on any atom is 0.416 e. The summed E-state index contributed by atoms with van der Waals surface area (Å²) in [5, 5.41) is 0.626. The third kappa shape index (κ3) is 5.99. The summed E-state index contributed by atoms with van der Waals surface area (Å²) in [6.07, 6.45) is 1.86. The molecule has 0 amide bonds. The first-order valence-electron chi connectivity index (χ1n) is 10.6. The van der Waals surface area contributed by atoms with Gasteiger partial charge in [-0.3, -0.25) is 0 Å². The third-order valence-corrected chi connectivity index (χ3v) is 7.30. The van der Waals surface area contributed by atoms with Crippen molar-refractivity contribution in [1.29, 1.82) is 0 Å². The lowest BCUT2D eigenvalue weighted by molar-refractivity contribution is -0.137. The van der Waals surface area contributed by atoms with Crippen LogP contribution in [-0.2, 0) is 22.6 Å². The van der Waals surface area contributed by atoms with Gasteiger partial charge in [0, 0.05) is 29.5 Å². The maximum absolute atomic E-state index is 12.7. The van der Waals surface area contributed by atoms with Gasteiger partial charge >= 0.3 is 6.18 Å². The minimum Gasteiger partial charge on any atom is -0.341 e. The number of nitrogens with one attached hydrogen (secondary N) is 1. The van der Waals surface area contributed by atoms with Gasteiger partial charge in [0.1, 0.15) is 0 Å². The van der Waals surface area contributed by atoms with Crippen molar-refractivity contribution in [2.75, 3.05) is 18.0 Å². The number of fused-ring (bicyclic) bond motifs is 1. The fraction of sp³-hybridized carbons (Fsp3) is 0.333. The van der Waals surface area contributed by atoms with Crippen LogP contribution in [-0.4, -0.2) is 21.5 Å².